The third-order valence-electron chi connectivity index (χ3n) is 2.89. The van der Waals surface area contributed by atoms with Crippen molar-refractivity contribution in [3.63, 3.8) is 0 Å². The molecule has 0 saturated heterocycles. The van der Waals surface area contributed by atoms with Gasteiger partial charge in [0.15, 0.2) is 11.5 Å². The van der Waals surface area contributed by atoms with E-state index in [0.29, 0.717) is 0 Å². The van der Waals surface area contributed by atoms with Crippen molar-refractivity contribution in [1.29, 1.82) is 5.26 Å². The molecule has 0 aliphatic carbocycles. The first-order valence-electron chi connectivity index (χ1n) is 6.32. The van der Waals surface area contributed by atoms with Gasteiger partial charge in [0.1, 0.15) is 23.0 Å². The number of hydrogen-bond donors (Lipinski definition) is 1. The third kappa shape index (κ3) is 3.11. The molecule has 0 radical (unpaired) electrons. The number of hydrogen-bond acceptors (Lipinski definition) is 9. The fraction of sp³-hybridized carbons (Fsp3) is 0.214. The molecule has 0 fully saturated rings. The zero-order valence-corrected chi connectivity index (χ0v) is 12.5. The average Bonchev–Trinajstić information content (AvgIpc) is 2.89. The summed E-state index contributed by atoms with van der Waals surface area (Å²) in [5.74, 6) is -0.813. The molecule has 0 bridgehead atoms. The normalized spacial score (nSPS) is 9.83. The van der Waals surface area contributed by atoms with Gasteiger partial charge in [0.05, 0.1) is 14.2 Å². The van der Waals surface area contributed by atoms with Crippen molar-refractivity contribution in [3.05, 3.63) is 34.7 Å². The van der Waals surface area contributed by atoms with Gasteiger partial charge in [0.2, 0.25) is 5.88 Å². The number of methoxy groups -OCH3 is 2. The van der Waals surface area contributed by atoms with E-state index in [4.69, 9.17) is 4.42 Å². The summed E-state index contributed by atoms with van der Waals surface area (Å²) in [7, 11) is 2.44. The number of anilines is 2. The maximum absolute atomic E-state index is 11.7. The van der Waals surface area contributed by atoms with Crippen LogP contribution in [-0.4, -0.2) is 36.4 Å². The van der Waals surface area contributed by atoms with Crippen LogP contribution in [0.4, 0.5) is 11.7 Å². The Morgan fingerprint density at radius 3 is 2.43 bits per heavy atom. The van der Waals surface area contributed by atoms with Gasteiger partial charge in [-0.15, -0.1) is 10.2 Å². The predicted molar refractivity (Wildman–Crippen MR) is 76.2 cm³/mol. The summed E-state index contributed by atoms with van der Waals surface area (Å²) in [6.45, 7) is 1.53. The van der Waals surface area contributed by atoms with E-state index in [9.17, 15) is 14.9 Å². The number of aromatic nitrogens is 2. The number of carbonyl (C=O) groups is 2. The summed E-state index contributed by atoms with van der Waals surface area (Å²) < 4.78 is 14.5. The summed E-state index contributed by atoms with van der Waals surface area (Å²) >= 11 is 0. The Morgan fingerprint density at radius 1 is 1.22 bits per heavy atom. The first-order chi connectivity index (χ1) is 11.0. The molecule has 9 heteroatoms. The van der Waals surface area contributed by atoms with Crippen molar-refractivity contribution in [1.82, 2.24) is 10.2 Å². The molecule has 2 aromatic rings. The number of furan rings is 1. The van der Waals surface area contributed by atoms with E-state index in [-0.39, 0.29) is 34.3 Å². The van der Waals surface area contributed by atoms with Gasteiger partial charge in [-0.1, -0.05) is 0 Å². The van der Waals surface area contributed by atoms with Gasteiger partial charge >= 0.3 is 11.9 Å². The molecule has 0 aliphatic heterocycles. The van der Waals surface area contributed by atoms with Crippen LogP contribution in [0.25, 0.3) is 0 Å². The number of ether oxygens (including phenoxy) is 2. The summed E-state index contributed by atoms with van der Waals surface area (Å²) in [6.07, 6.45) is 0. The van der Waals surface area contributed by atoms with E-state index in [0.717, 1.165) is 0 Å². The minimum absolute atomic E-state index is 0.00630. The van der Waals surface area contributed by atoms with Crippen LogP contribution in [0.15, 0.2) is 16.5 Å². The van der Waals surface area contributed by atoms with Crippen molar-refractivity contribution in [2.24, 2.45) is 0 Å². The highest BCUT2D eigenvalue weighted by Gasteiger charge is 2.24. The van der Waals surface area contributed by atoms with Crippen LogP contribution in [0.1, 0.15) is 32.2 Å². The lowest BCUT2D eigenvalue weighted by Gasteiger charge is -2.02. The molecule has 23 heavy (non-hydrogen) atoms. The van der Waals surface area contributed by atoms with Crippen LogP contribution >= 0.6 is 0 Å². The smallest absolute Gasteiger partial charge is 0.358 e. The lowest BCUT2D eigenvalue weighted by Crippen LogP contribution is -2.07. The van der Waals surface area contributed by atoms with E-state index in [1.54, 1.807) is 0 Å². The first-order valence-corrected chi connectivity index (χ1v) is 6.32. The number of nitrogens with zero attached hydrogens (tertiary/aromatic N) is 3. The van der Waals surface area contributed by atoms with E-state index < -0.39 is 11.9 Å². The average molecular weight is 316 g/mol. The summed E-state index contributed by atoms with van der Waals surface area (Å²) in [5.41, 5.74) is 0.0641. The van der Waals surface area contributed by atoms with Crippen molar-refractivity contribution in [2.45, 2.75) is 6.92 Å². The number of esters is 2. The van der Waals surface area contributed by atoms with Crippen LogP contribution in [0.3, 0.4) is 0 Å². The quantitative estimate of drug-likeness (QED) is 0.835. The van der Waals surface area contributed by atoms with Gasteiger partial charge in [-0.3, -0.25) is 0 Å². The Labute approximate surface area is 130 Å². The Morgan fingerprint density at radius 2 is 1.91 bits per heavy atom. The molecule has 0 unspecified atom stereocenters. The summed E-state index contributed by atoms with van der Waals surface area (Å²) in [6, 6.07) is 4.73. The fourth-order valence-electron chi connectivity index (χ4n) is 1.82. The van der Waals surface area contributed by atoms with E-state index >= 15 is 0 Å². The molecule has 118 valence electrons. The SMILES string of the molecule is COC(=O)c1ccc(Nc2oc(C)c(C(=O)OC)c2C#N)nn1. The second kappa shape index (κ2) is 6.57. The minimum Gasteiger partial charge on any atom is -0.465 e. The number of rotatable bonds is 4. The van der Waals surface area contributed by atoms with Gasteiger partial charge < -0.3 is 19.2 Å². The molecule has 2 aromatic heterocycles. The molecular weight excluding hydrogens is 304 g/mol. The maximum atomic E-state index is 11.7. The number of nitrogens with one attached hydrogen (secondary N) is 1. The fourth-order valence-corrected chi connectivity index (χ4v) is 1.82. The van der Waals surface area contributed by atoms with Crippen LogP contribution < -0.4 is 5.32 Å². The Hall–Kier alpha value is -3.41. The van der Waals surface area contributed by atoms with E-state index in [1.165, 1.54) is 33.3 Å². The predicted octanol–water partition coefficient (Wildman–Crippen LogP) is 1.57. The highest BCUT2D eigenvalue weighted by atomic mass is 16.5. The van der Waals surface area contributed by atoms with Gasteiger partial charge in [-0.25, -0.2) is 9.59 Å². The van der Waals surface area contributed by atoms with Gasteiger partial charge in [-0.2, -0.15) is 5.26 Å². The van der Waals surface area contributed by atoms with Crippen LogP contribution in [-0.2, 0) is 9.47 Å². The standard InChI is InChI=1S/C14H12N4O5/c1-7-11(14(20)22-3)8(6-15)12(23-7)16-10-5-4-9(17-18-10)13(19)21-2/h4-5H,1-3H3,(H,16,18). The van der Waals surface area contributed by atoms with Gasteiger partial charge in [0.25, 0.3) is 0 Å². The van der Waals surface area contributed by atoms with Crippen molar-refractivity contribution < 1.29 is 23.5 Å². The molecule has 0 aromatic carbocycles. The van der Waals surface area contributed by atoms with E-state index in [1.807, 2.05) is 6.07 Å². The first kappa shape index (κ1) is 16.0. The molecule has 9 nitrogen and oxygen atoms in total. The Kier molecular flexibility index (Phi) is 4.56. The number of carbonyl (C=O) groups excluding carboxylic acids is 2. The molecular formula is C14H12N4O5. The highest BCUT2D eigenvalue weighted by Crippen LogP contribution is 2.28. The molecule has 0 amide bonds. The molecule has 0 atom stereocenters. The zero-order chi connectivity index (χ0) is 17.0. The van der Waals surface area contributed by atoms with Crippen LogP contribution in [0.2, 0.25) is 0 Å². The van der Waals surface area contributed by atoms with Gasteiger partial charge in [0, 0.05) is 0 Å². The molecule has 1 N–H and O–H groups in total. The second-order valence-electron chi connectivity index (χ2n) is 4.26. The lowest BCUT2D eigenvalue weighted by atomic mass is 10.1. The molecule has 2 rings (SSSR count). The molecule has 0 spiro atoms. The topological polar surface area (TPSA) is 127 Å². The number of aryl methyl sites for hydroxylation is 1. The molecule has 0 aliphatic rings. The Bertz CT molecular complexity index is 789. The van der Waals surface area contributed by atoms with E-state index in [2.05, 4.69) is 25.0 Å². The Balaban J connectivity index is 2.32. The largest absolute Gasteiger partial charge is 0.465 e. The maximum Gasteiger partial charge on any atom is 0.358 e. The lowest BCUT2D eigenvalue weighted by molar-refractivity contribution is 0.0586. The van der Waals surface area contributed by atoms with Crippen molar-refractivity contribution >= 4 is 23.6 Å². The summed E-state index contributed by atoms with van der Waals surface area (Å²) in [4.78, 5) is 23.0. The third-order valence-corrected chi connectivity index (χ3v) is 2.89. The van der Waals surface area contributed by atoms with Crippen LogP contribution in [0, 0.1) is 18.3 Å². The molecule has 0 saturated carbocycles. The second-order valence-corrected chi connectivity index (χ2v) is 4.26. The highest BCUT2D eigenvalue weighted by molar-refractivity contribution is 5.95. The zero-order valence-electron chi connectivity index (χ0n) is 12.5. The van der Waals surface area contributed by atoms with Crippen molar-refractivity contribution in [2.75, 3.05) is 19.5 Å². The monoisotopic (exact) mass is 316 g/mol. The number of nitriles is 1. The molecule has 2 heterocycles. The summed E-state index contributed by atoms with van der Waals surface area (Å²) in [5, 5.41) is 19.4. The van der Waals surface area contributed by atoms with Gasteiger partial charge in [-0.05, 0) is 19.1 Å². The minimum atomic E-state index is -0.678. The van der Waals surface area contributed by atoms with Crippen LogP contribution in [0.5, 0.6) is 0 Å². The van der Waals surface area contributed by atoms with Crippen molar-refractivity contribution in [3.8, 4) is 6.07 Å².